The van der Waals surface area contributed by atoms with Crippen molar-refractivity contribution in [1.29, 1.82) is 0 Å². The topological polar surface area (TPSA) is 36.1 Å². The molecule has 3 heteroatoms. The number of para-hydroxylation sites is 1. The first-order valence-electron chi connectivity index (χ1n) is 7.31. The van der Waals surface area contributed by atoms with Gasteiger partial charge in [0.2, 0.25) is 5.91 Å². The number of aromatic amines is 1. The van der Waals surface area contributed by atoms with E-state index in [1.54, 1.807) is 0 Å². The molecule has 1 unspecified atom stereocenters. The fourth-order valence-corrected chi connectivity index (χ4v) is 2.43. The zero-order chi connectivity index (χ0) is 14.7. The number of hydrogen-bond donors (Lipinski definition) is 1. The van der Waals surface area contributed by atoms with Gasteiger partial charge in [0, 0.05) is 36.6 Å². The molecule has 1 aromatic carbocycles. The highest BCUT2D eigenvalue weighted by molar-refractivity contribution is 5.84. The number of amides is 1. The Morgan fingerprint density at radius 1 is 1.25 bits per heavy atom. The summed E-state index contributed by atoms with van der Waals surface area (Å²) in [6, 6.07) is 8.51. The molecular weight excluding hydrogens is 248 g/mol. The van der Waals surface area contributed by atoms with Gasteiger partial charge in [-0.1, -0.05) is 32.0 Å². The quantitative estimate of drug-likeness (QED) is 0.887. The van der Waals surface area contributed by atoms with Gasteiger partial charge in [0.15, 0.2) is 0 Å². The van der Waals surface area contributed by atoms with Crippen LogP contribution in [0.5, 0.6) is 0 Å². The Hall–Kier alpha value is -1.77. The van der Waals surface area contributed by atoms with Crippen LogP contribution < -0.4 is 0 Å². The number of fused-ring (bicyclic) bond motifs is 1. The van der Waals surface area contributed by atoms with E-state index in [1.807, 2.05) is 30.3 Å². The van der Waals surface area contributed by atoms with Crippen molar-refractivity contribution in [2.45, 2.75) is 39.7 Å². The first-order chi connectivity index (χ1) is 9.50. The van der Waals surface area contributed by atoms with Gasteiger partial charge < -0.3 is 9.88 Å². The molecule has 0 radical (unpaired) electrons. The molecule has 108 valence electrons. The van der Waals surface area contributed by atoms with E-state index in [0.717, 1.165) is 11.9 Å². The third-order valence-electron chi connectivity index (χ3n) is 4.25. The monoisotopic (exact) mass is 272 g/mol. The predicted octanol–water partition coefficient (Wildman–Crippen LogP) is 3.60. The number of carbonyl (C=O) groups excluding carboxylic acids is 1. The van der Waals surface area contributed by atoms with Crippen molar-refractivity contribution in [3.8, 4) is 0 Å². The molecule has 0 bridgehead atoms. The number of nitrogens with zero attached hydrogens (tertiary/aromatic N) is 1. The molecule has 0 saturated carbocycles. The molecule has 1 N–H and O–H groups in total. The van der Waals surface area contributed by atoms with E-state index in [4.69, 9.17) is 0 Å². The van der Waals surface area contributed by atoms with Crippen molar-refractivity contribution in [2.75, 3.05) is 7.05 Å². The standard InChI is InChI=1S/C17H24N2O/c1-12(2)13(3)19(4)17(20)10-9-14-11-18-16-8-6-5-7-15(14)16/h5-8,11-13,18H,9-10H2,1-4H3. The molecule has 3 nitrogen and oxygen atoms in total. The molecule has 0 saturated heterocycles. The van der Waals surface area contributed by atoms with Crippen molar-refractivity contribution < 1.29 is 4.79 Å². The number of benzene rings is 1. The summed E-state index contributed by atoms with van der Waals surface area (Å²) in [4.78, 5) is 17.4. The second kappa shape index (κ2) is 6.12. The average Bonchev–Trinajstić information content (AvgIpc) is 2.86. The van der Waals surface area contributed by atoms with Gasteiger partial charge in [-0.3, -0.25) is 4.79 Å². The first-order valence-corrected chi connectivity index (χ1v) is 7.31. The maximum Gasteiger partial charge on any atom is 0.222 e. The maximum absolute atomic E-state index is 12.2. The molecule has 0 fully saturated rings. The van der Waals surface area contributed by atoms with Crippen molar-refractivity contribution in [3.63, 3.8) is 0 Å². The minimum absolute atomic E-state index is 0.219. The summed E-state index contributed by atoms with van der Waals surface area (Å²) in [6.45, 7) is 6.40. The van der Waals surface area contributed by atoms with Crippen LogP contribution in [0, 0.1) is 5.92 Å². The molecule has 0 aliphatic heterocycles. The second-order valence-electron chi connectivity index (χ2n) is 5.85. The molecule has 2 rings (SSSR count). The van der Waals surface area contributed by atoms with Crippen molar-refractivity contribution >= 4 is 16.8 Å². The van der Waals surface area contributed by atoms with Gasteiger partial charge in [-0.2, -0.15) is 0 Å². The van der Waals surface area contributed by atoms with Gasteiger partial charge in [-0.25, -0.2) is 0 Å². The van der Waals surface area contributed by atoms with Gasteiger partial charge in [0.1, 0.15) is 0 Å². The second-order valence-corrected chi connectivity index (χ2v) is 5.85. The van der Waals surface area contributed by atoms with Gasteiger partial charge in [-0.05, 0) is 30.9 Å². The van der Waals surface area contributed by atoms with E-state index >= 15 is 0 Å². The summed E-state index contributed by atoms with van der Waals surface area (Å²) >= 11 is 0. The first kappa shape index (κ1) is 14.6. The summed E-state index contributed by atoms with van der Waals surface area (Å²) in [5.74, 6) is 0.702. The molecule has 1 heterocycles. The van der Waals surface area contributed by atoms with Gasteiger partial charge in [-0.15, -0.1) is 0 Å². The minimum Gasteiger partial charge on any atom is -0.361 e. The van der Waals surface area contributed by atoms with E-state index < -0.39 is 0 Å². The molecule has 0 aliphatic rings. The van der Waals surface area contributed by atoms with Crippen molar-refractivity contribution in [2.24, 2.45) is 5.92 Å². The van der Waals surface area contributed by atoms with E-state index in [2.05, 4.69) is 37.9 Å². The van der Waals surface area contributed by atoms with Crippen LogP contribution in [-0.2, 0) is 11.2 Å². The summed E-state index contributed by atoms with van der Waals surface area (Å²) < 4.78 is 0. The number of hydrogen-bond acceptors (Lipinski definition) is 1. The third kappa shape index (κ3) is 3.03. The lowest BCUT2D eigenvalue weighted by molar-refractivity contribution is -0.132. The molecule has 0 aliphatic carbocycles. The summed E-state index contributed by atoms with van der Waals surface area (Å²) in [5, 5.41) is 1.22. The highest BCUT2D eigenvalue weighted by atomic mass is 16.2. The maximum atomic E-state index is 12.2. The van der Waals surface area contributed by atoms with Crippen molar-refractivity contribution in [3.05, 3.63) is 36.0 Å². The van der Waals surface area contributed by atoms with E-state index in [9.17, 15) is 4.79 Å². The smallest absolute Gasteiger partial charge is 0.222 e. The SMILES string of the molecule is CC(C)C(C)N(C)C(=O)CCc1c[nH]c2ccccc12. The lowest BCUT2D eigenvalue weighted by Crippen LogP contribution is -2.38. The summed E-state index contributed by atoms with van der Waals surface area (Å²) in [7, 11) is 1.90. The van der Waals surface area contributed by atoms with Crippen LogP contribution in [0.15, 0.2) is 30.5 Å². The lowest BCUT2D eigenvalue weighted by Gasteiger charge is -2.28. The molecule has 1 aromatic heterocycles. The Balaban J connectivity index is 2.00. The predicted molar refractivity (Wildman–Crippen MR) is 83.7 cm³/mol. The van der Waals surface area contributed by atoms with Crippen LogP contribution in [-0.4, -0.2) is 28.9 Å². The number of nitrogens with one attached hydrogen (secondary N) is 1. The van der Waals surface area contributed by atoms with Crippen LogP contribution >= 0.6 is 0 Å². The Bertz CT molecular complexity index is 585. The number of H-pyrrole nitrogens is 1. The largest absolute Gasteiger partial charge is 0.361 e. The Morgan fingerprint density at radius 2 is 1.95 bits per heavy atom. The number of rotatable bonds is 5. The van der Waals surface area contributed by atoms with Gasteiger partial charge in [0.05, 0.1) is 0 Å². The molecular formula is C17H24N2O. The fraction of sp³-hybridized carbons (Fsp3) is 0.471. The Labute approximate surface area is 121 Å². The van der Waals surface area contributed by atoms with E-state index in [0.29, 0.717) is 12.3 Å². The minimum atomic E-state index is 0.219. The van der Waals surface area contributed by atoms with Crippen LogP contribution in [0.2, 0.25) is 0 Å². The van der Waals surface area contributed by atoms with Gasteiger partial charge >= 0.3 is 0 Å². The zero-order valence-electron chi connectivity index (χ0n) is 12.8. The molecule has 20 heavy (non-hydrogen) atoms. The van der Waals surface area contributed by atoms with Crippen LogP contribution in [0.3, 0.4) is 0 Å². The Morgan fingerprint density at radius 3 is 2.65 bits per heavy atom. The number of aromatic nitrogens is 1. The lowest BCUT2D eigenvalue weighted by atomic mass is 10.0. The third-order valence-corrected chi connectivity index (χ3v) is 4.25. The summed E-state index contributed by atoms with van der Waals surface area (Å²) in [6.07, 6.45) is 3.37. The highest BCUT2D eigenvalue weighted by Gasteiger charge is 2.18. The molecule has 0 spiro atoms. The number of aryl methyl sites for hydroxylation is 1. The molecule has 1 amide bonds. The van der Waals surface area contributed by atoms with Gasteiger partial charge in [0.25, 0.3) is 0 Å². The molecule has 1 atom stereocenters. The van der Waals surface area contributed by atoms with E-state index in [-0.39, 0.29) is 11.9 Å². The van der Waals surface area contributed by atoms with Crippen molar-refractivity contribution in [1.82, 2.24) is 9.88 Å². The van der Waals surface area contributed by atoms with Crippen LogP contribution in [0.25, 0.3) is 10.9 Å². The highest BCUT2D eigenvalue weighted by Crippen LogP contribution is 2.19. The number of carbonyl (C=O) groups is 1. The molecule has 2 aromatic rings. The normalized spacial score (nSPS) is 12.8. The zero-order valence-corrected chi connectivity index (χ0v) is 12.8. The average molecular weight is 272 g/mol. The van der Waals surface area contributed by atoms with E-state index in [1.165, 1.54) is 10.9 Å². The fourth-order valence-electron chi connectivity index (χ4n) is 2.43. The van der Waals surface area contributed by atoms with Crippen LogP contribution in [0.1, 0.15) is 32.8 Å². The van der Waals surface area contributed by atoms with Crippen LogP contribution in [0.4, 0.5) is 0 Å². The summed E-state index contributed by atoms with van der Waals surface area (Å²) in [5.41, 5.74) is 2.36. The Kier molecular flexibility index (Phi) is 4.48.